The zero-order valence-corrected chi connectivity index (χ0v) is 11.6. The van der Waals surface area contributed by atoms with Gasteiger partial charge in [-0.05, 0) is 12.1 Å². The van der Waals surface area contributed by atoms with Crippen LogP contribution in [0.2, 0.25) is 0 Å². The average molecular weight is 291 g/mol. The molecule has 0 radical (unpaired) electrons. The number of nitrogens with zero attached hydrogens (tertiary/aromatic N) is 2. The molecule has 1 heterocycles. The van der Waals surface area contributed by atoms with E-state index in [0.29, 0.717) is 12.2 Å². The second-order valence-corrected chi connectivity index (χ2v) is 4.94. The van der Waals surface area contributed by atoms with Crippen LogP contribution in [0, 0.1) is 0 Å². The number of urea groups is 1. The first-order chi connectivity index (χ1) is 9.59. The Morgan fingerprint density at radius 2 is 2.15 bits per heavy atom. The van der Waals surface area contributed by atoms with Crippen molar-refractivity contribution >= 4 is 29.0 Å². The number of carbonyl (C=O) groups excluding carboxylic acids is 1. The van der Waals surface area contributed by atoms with E-state index in [2.05, 4.69) is 10.3 Å². The van der Waals surface area contributed by atoms with Crippen LogP contribution in [-0.4, -0.2) is 29.1 Å². The summed E-state index contributed by atoms with van der Waals surface area (Å²) in [7, 11) is 1.53. The summed E-state index contributed by atoms with van der Waals surface area (Å²) in [5, 5.41) is 14.4. The first-order valence-electron chi connectivity index (χ1n) is 5.82. The lowest BCUT2D eigenvalue weighted by Gasteiger charge is -2.19. The third-order valence-electron chi connectivity index (χ3n) is 2.67. The molecule has 2 amide bonds. The number of nitrogens with one attached hydrogen (secondary N) is 1. The van der Waals surface area contributed by atoms with Crippen LogP contribution in [0.3, 0.4) is 0 Å². The SMILES string of the molecule is CN(C(=O)NCc1nccs1)c1ccccc1C(=O)O. The van der Waals surface area contributed by atoms with Gasteiger partial charge in [0.05, 0.1) is 17.8 Å². The maximum absolute atomic E-state index is 12.0. The molecule has 0 spiro atoms. The predicted molar refractivity (Wildman–Crippen MR) is 76.2 cm³/mol. The highest BCUT2D eigenvalue weighted by Crippen LogP contribution is 2.19. The molecular weight excluding hydrogens is 278 g/mol. The lowest BCUT2D eigenvalue weighted by Crippen LogP contribution is -2.37. The molecule has 1 aromatic heterocycles. The normalized spacial score (nSPS) is 10.1. The first kappa shape index (κ1) is 14.0. The molecule has 0 atom stereocenters. The second-order valence-electron chi connectivity index (χ2n) is 3.97. The summed E-state index contributed by atoms with van der Waals surface area (Å²) in [6.45, 7) is 0.316. The largest absolute Gasteiger partial charge is 0.478 e. The van der Waals surface area contributed by atoms with Gasteiger partial charge in [0.2, 0.25) is 0 Å². The van der Waals surface area contributed by atoms with Crippen LogP contribution >= 0.6 is 11.3 Å². The Bertz CT molecular complexity index is 613. The number of carbonyl (C=O) groups is 2. The summed E-state index contributed by atoms with van der Waals surface area (Å²) in [5.74, 6) is -1.07. The van der Waals surface area contributed by atoms with E-state index < -0.39 is 5.97 Å². The van der Waals surface area contributed by atoms with Gasteiger partial charge < -0.3 is 10.4 Å². The van der Waals surface area contributed by atoms with Crippen molar-refractivity contribution in [3.05, 3.63) is 46.4 Å². The lowest BCUT2D eigenvalue weighted by atomic mass is 10.1. The monoisotopic (exact) mass is 291 g/mol. The van der Waals surface area contributed by atoms with E-state index in [1.807, 2.05) is 5.38 Å². The van der Waals surface area contributed by atoms with Gasteiger partial charge in [-0.25, -0.2) is 14.6 Å². The van der Waals surface area contributed by atoms with E-state index in [9.17, 15) is 9.59 Å². The van der Waals surface area contributed by atoms with Gasteiger partial charge in [-0.2, -0.15) is 0 Å². The maximum atomic E-state index is 12.0. The molecular formula is C13H13N3O3S. The molecule has 0 saturated heterocycles. The Morgan fingerprint density at radius 3 is 2.80 bits per heavy atom. The number of rotatable bonds is 4. The van der Waals surface area contributed by atoms with Gasteiger partial charge >= 0.3 is 12.0 Å². The van der Waals surface area contributed by atoms with Crippen molar-refractivity contribution in [3.8, 4) is 0 Å². The van der Waals surface area contributed by atoms with E-state index in [4.69, 9.17) is 5.11 Å². The Labute approximate surface area is 119 Å². The Morgan fingerprint density at radius 1 is 1.40 bits per heavy atom. The smallest absolute Gasteiger partial charge is 0.337 e. The van der Waals surface area contributed by atoms with Crippen LogP contribution in [0.25, 0.3) is 0 Å². The van der Waals surface area contributed by atoms with E-state index in [-0.39, 0.29) is 11.6 Å². The number of para-hydroxylation sites is 1. The van der Waals surface area contributed by atoms with E-state index in [0.717, 1.165) is 5.01 Å². The Balaban J connectivity index is 2.08. The first-order valence-corrected chi connectivity index (χ1v) is 6.70. The standard InChI is InChI=1S/C13H13N3O3S/c1-16(10-5-3-2-4-9(10)12(17)18)13(19)15-8-11-14-6-7-20-11/h2-7H,8H2,1H3,(H,15,19)(H,17,18). The number of aromatic carboxylic acids is 1. The molecule has 7 heteroatoms. The number of hydrogen-bond donors (Lipinski definition) is 2. The van der Waals surface area contributed by atoms with Crippen molar-refractivity contribution in [2.75, 3.05) is 11.9 Å². The van der Waals surface area contributed by atoms with Crippen molar-refractivity contribution in [2.45, 2.75) is 6.54 Å². The van der Waals surface area contributed by atoms with Crippen LogP contribution in [0.15, 0.2) is 35.8 Å². The highest BCUT2D eigenvalue weighted by molar-refractivity contribution is 7.09. The van der Waals surface area contributed by atoms with E-state index in [1.165, 1.54) is 29.4 Å². The van der Waals surface area contributed by atoms with Gasteiger partial charge in [0.15, 0.2) is 0 Å². The Kier molecular flexibility index (Phi) is 4.31. The number of anilines is 1. The van der Waals surface area contributed by atoms with Crippen LogP contribution in [0.4, 0.5) is 10.5 Å². The van der Waals surface area contributed by atoms with Gasteiger partial charge in [0, 0.05) is 18.6 Å². The molecule has 0 bridgehead atoms. The molecule has 0 aliphatic heterocycles. The summed E-state index contributed by atoms with van der Waals surface area (Å²) < 4.78 is 0. The minimum Gasteiger partial charge on any atom is -0.478 e. The average Bonchev–Trinajstić information content (AvgIpc) is 2.97. The minimum absolute atomic E-state index is 0.0828. The summed E-state index contributed by atoms with van der Waals surface area (Å²) >= 11 is 1.44. The highest BCUT2D eigenvalue weighted by atomic mass is 32.1. The van der Waals surface area contributed by atoms with Crippen LogP contribution < -0.4 is 10.2 Å². The van der Waals surface area contributed by atoms with Crippen molar-refractivity contribution in [1.82, 2.24) is 10.3 Å². The molecule has 6 nitrogen and oxygen atoms in total. The third-order valence-corrected chi connectivity index (χ3v) is 3.45. The van der Waals surface area contributed by atoms with Gasteiger partial charge in [0.25, 0.3) is 0 Å². The van der Waals surface area contributed by atoms with Crippen molar-refractivity contribution in [1.29, 1.82) is 0 Å². The number of carboxylic acid groups (broad SMARTS) is 1. The van der Waals surface area contributed by atoms with Gasteiger partial charge in [-0.3, -0.25) is 4.90 Å². The maximum Gasteiger partial charge on any atom is 0.337 e. The molecule has 2 rings (SSSR count). The highest BCUT2D eigenvalue weighted by Gasteiger charge is 2.17. The van der Waals surface area contributed by atoms with E-state index in [1.54, 1.807) is 24.4 Å². The quantitative estimate of drug-likeness (QED) is 0.904. The fourth-order valence-corrected chi connectivity index (χ4v) is 2.22. The summed E-state index contributed by atoms with van der Waals surface area (Å²) in [4.78, 5) is 28.5. The minimum atomic E-state index is -1.07. The fraction of sp³-hybridized carbons (Fsp3) is 0.154. The zero-order valence-electron chi connectivity index (χ0n) is 10.7. The van der Waals surface area contributed by atoms with Crippen molar-refractivity contribution in [3.63, 3.8) is 0 Å². The molecule has 20 heavy (non-hydrogen) atoms. The molecule has 0 fully saturated rings. The molecule has 0 aliphatic carbocycles. The number of amides is 2. The van der Waals surface area contributed by atoms with Gasteiger partial charge in [-0.1, -0.05) is 12.1 Å². The van der Waals surface area contributed by atoms with Gasteiger partial charge in [0.1, 0.15) is 5.01 Å². The molecule has 2 aromatic rings. The number of hydrogen-bond acceptors (Lipinski definition) is 4. The van der Waals surface area contributed by atoms with Crippen LogP contribution in [0.5, 0.6) is 0 Å². The van der Waals surface area contributed by atoms with Crippen LogP contribution in [0.1, 0.15) is 15.4 Å². The summed E-state index contributed by atoms with van der Waals surface area (Å²) in [5.41, 5.74) is 0.427. The fourth-order valence-electron chi connectivity index (χ4n) is 1.67. The molecule has 2 N–H and O–H groups in total. The van der Waals surface area contributed by atoms with E-state index >= 15 is 0 Å². The lowest BCUT2D eigenvalue weighted by molar-refractivity contribution is 0.0697. The summed E-state index contributed by atoms with van der Waals surface area (Å²) in [6, 6.07) is 5.98. The topological polar surface area (TPSA) is 82.5 Å². The van der Waals surface area contributed by atoms with Crippen molar-refractivity contribution in [2.24, 2.45) is 0 Å². The number of thiazole rings is 1. The Hall–Kier alpha value is -2.41. The molecule has 1 aromatic carbocycles. The molecule has 104 valence electrons. The second kappa shape index (κ2) is 6.16. The summed E-state index contributed by atoms with van der Waals surface area (Å²) in [6.07, 6.45) is 1.66. The van der Waals surface area contributed by atoms with Gasteiger partial charge in [-0.15, -0.1) is 11.3 Å². The molecule has 0 unspecified atom stereocenters. The molecule has 0 aliphatic rings. The van der Waals surface area contributed by atoms with Crippen molar-refractivity contribution < 1.29 is 14.7 Å². The number of benzene rings is 1. The number of aromatic nitrogens is 1. The number of carboxylic acids is 1. The predicted octanol–water partition coefficient (Wildman–Crippen LogP) is 2.19. The van der Waals surface area contributed by atoms with Crippen LogP contribution in [-0.2, 0) is 6.54 Å². The zero-order chi connectivity index (χ0) is 14.5. The molecule has 0 saturated carbocycles. The third kappa shape index (κ3) is 3.12.